The van der Waals surface area contributed by atoms with E-state index in [1.54, 1.807) is 0 Å². The van der Waals surface area contributed by atoms with E-state index in [1.807, 2.05) is 6.92 Å². The van der Waals surface area contributed by atoms with Crippen LogP contribution in [-0.4, -0.2) is 16.0 Å². The average molecular weight is 228 g/mol. The summed E-state index contributed by atoms with van der Waals surface area (Å²) in [7, 11) is 0. The Morgan fingerprint density at radius 1 is 1.19 bits per heavy atom. The summed E-state index contributed by atoms with van der Waals surface area (Å²) in [6, 6.07) is 0. The molecule has 0 heterocycles. The van der Waals surface area contributed by atoms with Crippen LogP contribution in [0, 0.1) is 11.8 Å². The minimum Gasteiger partial charge on any atom is -0.365 e. The third-order valence-electron chi connectivity index (χ3n) is 4.16. The van der Waals surface area contributed by atoms with Crippen molar-refractivity contribution in [1.29, 1.82) is 0 Å². The minimum atomic E-state index is -1.44. The molecule has 1 fully saturated rings. The van der Waals surface area contributed by atoms with Crippen molar-refractivity contribution in [3.8, 4) is 0 Å². The van der Waals surface area contributed by atoms with Crippen LogP contribution in [-0.2, 0) is 0 Å². The lowest BCUT2D eigenvalue weighted by Gasteiger charge is -2.31. The maximum absolute atomic E-state index is 10.0. The molecule has 1 rings (SSSR count). The highest BCUT2D eigenvalue weighted by Crippen LogP contribution is 2.31. The molecule has 1 aliphatic carbocycles. The lowest BCUT2D eigenvalue weighted by Crippen LogP contribution is -2.36. The van der Waals surface area contributed by atoms with Gasteiger partial charge in [-0.25, -0.2) is 0 Å². The highest BCUT2D eigenvalue weighted by Gasteiger charge is 2.30. The van der Waals surface area contributed by atoms with Gasteiger partial charge in [0.25, 0.3) is 0 Å². The molecule has 0 aromatic carbocycles. The monoisotopic (exact) mass is 228 g/mol. The van der Waals surface area contributed by atoms with Crippen LogP contribution in [0.2, 0.25) is 0 Å². The van der Waals surface area contributed by atoms with E-state index in [2.05, 4.69) is 6.92 Å². The Kier molecular flexibility index (Phi) is 5.77. The van der Waals surface area contributed by atoms with Crippen LogP contribution in [0.15, 0.2) is 0 Å². The van der Waals surface area contributed by atoms with Crippen molar-refractivity contribution in [3.05, 3.63) is 0 Å². The first-order chi connectivity index (χ1) is 7.56. The Balaban J connectivity index is 2.28. The van der Waals surface area contributed by atoms with Gasteiger partial charge >= 0.3 is 0 Å². The predicted molar refractivity (Wildman–Crippen MR) is 67.0 cm³/mol. The van der Waals surface area contributed by atoms with Crippen molar-refractivity contribution in [2.45, 2.75) is 77.4 Å². The summed E-state index contributed by atoms with van der Waals surface area (Å²) < 4.78 is 0. The first-order valence-electron chi connectivity index (χ1n) is 7.01. The molecule has 0 spiro atoms. The summed E-state index contributed by atoms with van der Waals surface area (Å²) in [5, 5.41) is 20.0. The van der Waals surface area contributed by atoms with Crippen molar-refractivity contribution in [2.75, 3.05) is 0 Å². The zero-order valence-electron chi connectivity index (χ0n) is 10.9. The number of aliphatic hydroxyl groups is 2. The Morgan fingerprint density at radius 3 is 2.38 bits per heavy atom. The molecule has 0 saturated heterocycles. The van der Waals surface area contributed by atoms with Crippen molar-refractivity contribution in [2.24, 2.45) is 11.8 Å². The summed E-state index contributed by atoms with van der Waals surface area (Å²) in [6.45, 7) is 4.04. The van der Waals surface area contributed by atoms with E-state index < -0.39 is 5.79 Å². The van der Waals surface area contributed by atoms with Gasteiger partial charge in [-0.15, -0.1) is 0 Å². The van der Waals surface area contributed by atoms with Crippen molar-refractivity contribution >= 4 is 0 Å². The normalized spacial score (nSPS) is 21.0. The van der Waals surface area contributed by atoms with Gasteiger partial charge in [-0.3, -0.25) is 0 Å². The van der Waals surface area contributed by atoms with E-state index in [9.17, 15) is 10.2 Å². The second-order valence-electron chi connectivity index (χ2n) is 5.61. The summed E-state index contributed by atoms with van der Waals surface area (Å²) in [6.07, 6.45) is 10.1. The van der Waals surface area contributed by atoms with Gasteiger partial charge < -0.3 is 10.2 Å². The smallest absolute Gasteiger partial charge is 0.165 e. The Hall–Kier alpha value is -0.0800. The molecule has 1 saturated carbocycles. The Bertz CT molecular complexity index is 183. The third-order valence-corrected chi connectivity index (χ3v) is 4.16. The maximum atomic E-state index is 10.0. The van der Waals surface area contributed by atoms with E-state index in [4.69, 9.17) is 0 Å². The van der Waals surface area contributed by atoms with Crippen LogP contribution in [0.4, 0.5) is 0 Å². The van der Waals surface area contributed by atoms with Crippen molar-refractivity contribution in [1.82, 2.24) is 0 Å². The molecule has 0 bridgehead atoms. The lowest BCUT2D eigenvalue weighted by molar-refractivity contribution is -0.204. The predicted octanol–water partition coefficient (Wildman–Crippen LogP) is 3.46. The zero-order valence-corrected chi connectivity index (χ0v) is 10.9. The minimum absolute atomic E-state index is 0.00101. The number of hydrogen-bond donors (Lipinski definition) is 2. The molecule has 2 N–H and O–H groups in total. The molecule has 0 aliphatic heterocycles. The second-order valence-corrected chi connectivity index (χ2v) is 5.61. The zero-order chi connectivity index (χ0) is 12.0. The third kappa shape index (κ3) is 4.42. The molecule has 0 radical (unpaired) electrons. The molecule has 1 unspecified atom stereocenters. The summed E-state index contributed by atoms with van der Waals surface area (Å²) >= 11 is 0. The summed E-state index contributed by atoms with van der Waals surface area (Å²) in [5.74, 6) is -0.699. The second kappa shape index (κ2) is 6.61. The number of rotatable bonds is 6. The van der Waals surface area contributed by atoms with Gasteiger partial charge in [-0.2, -0.15) is 0 Å². The fraction of sp³-hybridized carbons (Fsp3) is 1.00. The highest BCUT2D eigenvalue weighted by atomic mass is 16.5. The summed E-state index contributed by atoms with van der Waals surface area (Å²) in [4.78, 5) is 0. The SMILES string of the molecule is CCCC(C)C(O)(O)CCC1CCCCC1. The first kappa shape index (κ1) is 14.0. The fourth-order valence-electron chi connectivity index (χ4n) is 2.80. The molecule has 1 atom stereocenters. The fourth-order valence-corrected chi connectivity index (χ4v) is 2.80. The first-order valence-corrected chi connectivity index (χ1v) is 7.01. The van der Waals surface area contributed by atoms with Gasteiger partial charge in [0.05, 0.1) is 0 Å². The molecule has 96 valence electrons. The van der Waals surface area contributed by atoms with Crippen molar-refractivity contribution in [3.63, 3.8) is 0 Å². The average Bonchev–Trinajstić information content (AvgIpc) is 2.28. The van der Waals surface area contributed by atoms with Gasteiger partial charge in [0.15, 0.2) is 5.79 Å². The molecule has 2 nitrogen and oxygen atoms in total. The Labute approximate surface area is 100 Å². The van der Waals surface area contributed by atoms with E-state index in [0.29, 0.717) is 6.42 Å². The van der Waals surface area contributed by atoms with Gasteiger partial charge in [-0.1, -0.05) is 52.4 Å². The van der Waals surface area contributed by atoms with Gasteiger partial charge in [0, 0.05) is 12.3 Å². The van der Waals surface area contributed by atoms with Crippen molar-refractivity contribution < 1.29 is 10.2 Å². The van der Waals surface area contributed by atoms with Crippen LogP contribution in [0.3, 0.4) is 0 Å². The highest BCUT2D eigenvalue weighted by molar-refractivity contribution is 4.75. The van der Waals surface area contributed by atoms with Gasteiger partial charge in [0.2, 0.25) is 0 Å². The largest absolute Gasteiger partial charge is 0.365 e. The quantitative estimate of drug-likeness (QED) is 0.683. The number of hydrogen-bond acceptors (Lipinski definition) is 2. The van der Waals surface area contributed by atoms with E-state index in [-0.39, 0.29) is 5.92 Å². The molecule has 2 heteroatoms. The summed E-state index contributed by atoms with van der Waals surface area (Å²) in [5.41, 5.74) is 0. The molecule has 1 aliphatic rings. The lowest BCUT2D eigenvalue weighted by atomic mass is 9.83. The van der Waals surface area contributed by atoms with Crippen LogP contribution in [0.25, 0.3) is 0 Å². The van der Waals surface area contributed by atoms with Gasteiger partial charge in [-0.05, 0) is 18.8 Å². The maximum Gasteiger partial charge on any atom is 0.165 e. The molecule has 16 heavy (non-hydrogen) atoms. The molecule has 0 amide bonds. The van der Waals surface area contributed by atoms with Crippen LogP contribution < -0.4 is 0 Å². The molecular weight excluding hydrogens is 200 g/mol. The molecule has 0 aromatic heterocycles. The van der Waals surface area contributed by atoms with Crippen LogP contribution in [0.5, 0.6) is 0 Å². The van der Waals surface area contributed by atoms with Crippen LogP contribution >= 0.6 is 0 Å². The van der Waals surface area contributed by atoms with Crippen LogP contribution in [0.1, 0.15) is 71.6 Å². The van der Waals surface area contributed by atoms with E-state index >= 15 is 0 Å². The van der Waals surface area contributed by atoms with E-state index in [1.165, 1.54) is 32.1 Å². The van der Waals surface area contributed by atoms with E-state index in [0.717, 1.165) is 25.2 Å². The molecule has 0 aromatic rings. The van der Waals surface area contributed by atoms with Gasteiger partial charge in [0.1, 0.15) is 0 Å². The standard InChI is InChI=1S/C14H28O2/c1-3-7-12(2)14(15,16)11-10-13-8-5-4-6-9-13/h12-13,15-16H,3-11H2,1-2H3. The molecular formula is C14H28O2. The Morgan fingerprint density at radius 2 is 1.81 bits per heavy atom. The topological polar surface area (TPSA) is 40.5 Å².